The van der Waals surface area contributed by atoms with Gasteiger partial charge in [0.25, 0.3) is 0 Å². The number of hydrogen-bond donors (Lipinski definition) is 0. The van der Waals surface area contributed by atoms with E-state index in [9.17, 15) is 0 Å². The van der Waals surface area contributed by atoms with Crippen molar-refractivity contribution in [2.24, 2.45) is 0 Å². The molecule has 3 heteroatoms. The molecule has 0 heterocycles. The Kier molecular flexibility index (Phi) is 6.99. The van der Waals surface area contributed by atoms with Crippen molar-refractivity contribution in [2.75, 3.05) is 0 Å². The van der Waals surface area contributed by atoms with E-state index < -0.39 is 21.8 Å². The Morgan fingerprint density at radius 2 is 1.90 bits per heavy atom. The van der Waals surface area contributed by atoms with Gasteiger partial charge in [-0.2, -0.15) is 0 Å². The molecule has 2 aliphatic carbocycles. The Bertz CT molecular complexity index is 544. The molecule has 0 N–H and O–H groups in total. The molecule has 0 aromatic heterocycles. The molecule has 105 valence electrons. The van der Waals surface area contributed by atoms with Crippen LogP contribution >= 0.6 is 0 Å². The predicted molar refractivity (Wildman–Crippen MR) is 75.2 cm³/mol. The molecule has 0 fully saturated rings. The van der Waals surface area contributed by atoms with Crippen LogP contribution in [0.15, 0.2) is 51.9 Å². The van der Waals surface area contributed by atoms with Crippen LogP contribution in [0, 0.1) is 0 Å². The standard InChI is InChI=1S/C9H7.C5H5.C3H7.2ClH.Zr/c1-2-5-9-7-3-6-8(9)4-1;1-2-4-5-3-1;1-3-2;;;/h1-7H;1-3H,4H2;3H,1-2H3;2*1H;/q;;;;;+2/p-2. The fourth-order valence-corrected chi connectivity index (χ4v) is 11.5. The van der Waals surface area contributed by atoms with Crippen molar-refractivity contribution < 1.29 is 46.6 Å². The van der Waals surface area contributed by atoms with Crippen LogP contribution in [0.4, 0.5) is 0 Å². The first-order valence-corrected chi connectivity index (χ1v) is 10.8. The fraction of sp³-hybridized carbons (Fsp3) is 0.294. The monoisotopic (exact) mass is 383 g/mol. The molecule has 3 rings (SSSR count). The van der Waals surface area contributed by atoms with Crippen molar-refractivity contribution in [3.05, 3.63) is 63.0 Å². The molecule has 20 heavy (non-hydrogen) atoms. The fourth-order valence-electron chi connectivity index (χ4n) is 3.11. The smallest absolute Gasteiger partial charge is 1.00 e. The van der Waals surface area contributed by atoms with Gasteiger partial charge in [-0.15, -0.1) is 0 Å². The zero-order valence-electron chi connectivity index (χ0n) is 11.8. The summed E-state index contributed by atoms with van der Waals surface area (Å²) in [4.78, 5) is 0. The van der Waals surface area contributed by atoms with E-state index in [0.717, 1.165) is 7.25 Å². The van der Waals surface area contributed by atoms with E-state index in [1.807, 2.05) is 0 Å². The number of rotatable bonds is 3. The molecule has 0 bridgehead atoms. The molecular formula is C17H19Cl2Zr. The Morgan fingerprint density at radius 3 is 2.55 bits per heavy atom. The third-order valence-corrected chi connectivity index (χ3v) is 12.6. The Morgan fingerprint density at radius 1 is 1.15 bits per heavy atom. The molecule has 1 atom stereocenters. The number of hydrogen-bond acceptors (Lipinski definition) is 0. The zero-order valence-corrected chi connectivity index (χ0v) is 15.8. The van der Waals surface area contributed by atoms with Gasteiger partial charge in [-0.1, -0.05) is 0 Å². The van der Waals surface area contributed by atoms with Gasteiger partial charge in [0.05, 0.1) is 0 Å². The first-order valence-electron chi connectivity index (χ1n) is 6.77. The first kappa shape index (κ1) is 18.0. The van der Waals surface area contributed by atoms with Crippen molar-refractivity contribution in [3.8, 4) is 0 Å². The molecule has 1 aromatic rings. The third-order valence-electron chi connectivity index (χ3n) is 3.90. The summed E-state index contributed by atoms with van der Waals surface area (Å²) >= 11 is -1.59. The van der Waals surface area contributed by atoms with Gasteiger partial charge < -0.3 is 24.8 Å². The minimum atomic E-state index is -1.59. The summed E-state index contributed by atoms with van der Waals surface area (Å²) in [6.07, 6.45) is 13.0. The normalized spacial score (nSPS) is 18.4. The summed E-state index contributed by atoms with van der Waals surface area (Å²) in [5.74, 6) is 0. The minimum absolute atomic E-state index is 0. The summed E-state index contributed by atoms with van der Waals surface area (Å²) in [6.45, 7) is 4.87. The molecule has 1 aromatic carbocycles. The van der Waals surface area contributed by atoms with Gasteiger partial charge in [0.2, 0.25) is 0 Å². The second-order valence-electron chi connectivity index (χ2n) is 5.40. The molecule has 0 saturated carbocycles. The summed E-state index contributed by atoms with van der Waals surface area (Å²) < 4.78 is 3.42. The van der Waals surface area contributed by atoms with Crippen LogP contribution < -0.4 is 24.8 Å². The number of halogens is 2. The van der Waals surface area contributed by atoms with Crippen molar-refractivity contribution in [2.45, 2.75) is 27.5 Å². The van der Waals surface area contributed by atoms with Gasteiger partial charge in [0.1, 0.15) is 0 Å². The Hall–Kier alpha value is -0.0969. The average molecular weight is 385 g/mol. The van der Waals surface area contributed by atoms with Crippen molar-refractivity contribution in [3.63, 3.8) is 0 Å². The van der Waals surface area contributed by atoms with Crippen molar-refractivity contribution in [1.29, 1.82) is 0 Å². The molecule has 0 spiro atoms. The Balaban J connectivity index is 0.000001000. The summed E-state index contributed by atoms with van der Waals surface area (Å²) in [5, 5.41) is 0. The molecular weight excluding hydrogens is 366 g/mol. The van der Waals surface area contributed by atoms with Gasteiger partial charge in [-0.05, 0) is 0 Å². The van der Waals surface area contributed by atoms with Crippen LogP contribution in [-0.2, 0) is 21.8 Å². The van der Waals surface area contributed by atoms with Crippen LogP contribution in [0.3, 0.4) is 0 Å². The second kappa shape index (κ2) is 7.78. The molecule has 0 aliphatic heterocycles. The van der Waals surface area contributed by atoms with E-state index in [-0.39, 0.29) is 24.8 Å². The van der Waals surface area contributed by atoms with Crippen molar-refractivity contribution >= 4 is 6.08 Å². The van der Waals surface area contributed by atoms with Gasteiger partial charge in [-0.3, -0.25) is 0 Å². The second-order valence-corrected chi connectivity index (χ2v) is 13.6. The van der Waals surface area contributed by atoms with E-state index in [1.54, 1.807) is 8.84 Å². The quantitative estimate of drug-likeness (QED) is 0.630. The summed E-state index contributed by atoms with van der Waals surface area (Å²) in [7, 11) is 0. The maximum absolute atomic E-state index is 2.48. The van der Waals surface area contributed by atoms with Crippen LogP contribution in [0.2, 0.25) is 3.63 Å². The van der Waals surface area contributed by atoms with E-state index in [0.29, 0.717) is 0 Å². The topological polar surface area (TPSA) is 0 Å². The van der Waals surface area contributed by atoms with E-state index in [2.05, 4.69) is 68.5 Å². The maximum atomic E-state index is 2.48. The van der Waals surface area contributed by atoms with Crippen molar-refractivity contribution in [1.82, 2.24) is 0 Å². The zero-order chi connectivity index (χ0) is 12.5. The molecule has 0 nitrogen and oxygen atoms in total. The number of fused-ring (bicyclic) bond motifs is 1. The third kappa shape index (κ3) is 3.38. The Labute approximate surface area is 142 Å². The largest absolute Gasteiger partial charge is 1.00 e. The SMILES string of the molecule is C[CH](C)[Zr+2]([C]1=CC=CC1)[CH]1C=Cc2ccccc21.[Cl-].[Cl-]. The van der Waals surface area contributed by atoms with Gasteiger partial charge in [0.15, 0.2) is 0 Å². The first-order chi connectivity index (χ1) is 8.77. The van der Waals surface area contributed by atoms with Crippen LogP contribution in [-0.4, -0.2) is 0 Å². The number of allylic oxidation sites excluding steroid dienone is 5. The van der Waals surface area contributed by atoms with Crippen LogP contribution in [0.5, 0.6) is 0 Å². The molecule has 2 aliphatic rings. The predicted octanol–water partition coefficient (Wildman–Crippen LogP) is -0.947. The average Bonchev–Trinajstić information content (AvgIpc) is 3.00. The van der Waals surface area contributed by atoms with Crippen LogP contribution in [0.25, 0.3) is 6.08 Å². The summed E-state index contributed by atoms with van der Waals surface area (Å²) in [6, 6.07) is 8.95. The van der Waals surface area contributed by atoms with Gasteiger partial charge in [-0.25, -0.2) is 0 Å². The summed E-state index contributed by atoms with van der Waals surface area (Å²) in [5.41, 5.74) is 3.04. The molecule has 0 saturated heterocycles. The number of benzene rings is 1. The van der Waals surface area contributed by atoms with Gasteiger partial charge in [0, 0.05) is 0 Å². The molecule has 0 amide bonds. The maximum Gasteiger partial charge on any atom is -1.00 e. The van der Waals surface area contributed by atoms with Gasteiger partial charge >= 0.3 is 118 Å². The molecule has 0 radical (unpaired) electrons. The van der Waals surface area contributed by atoms with E-state index in [1.165, 1.54) is 12.0 Å². The van der Waals surface area contributed by atoms with E-state index >= 15 is 0 Å². The molecule has 1 unspecified atom stereocenters. The van der Waals surface area contributed by atoms with Crippen LogP contribution in [0.1, 0.15) is 35.0 Å². The minimum Gasteiger partial charge on any atom is -1.00 e. The van der Waals surface area contributed by atoms with E-state index in [4.69, 9.17) is 0 Å².